The fourth-order valence-electron chi connectivity index (χ4n) is 1.25. The van der Waals surface area contributed by atoms with Gasteiger partial charge in [0, 0.05) is 10.7 Å². The van der Waals surface area contributed by atoms with Gasteiger partial charge in [-0.15, -0.1) is 0 Å². The maximum Gasteiger partial charge on any atom is 0.387 e. The SMILES string of the molecule is CC(/C(O)=C\[N+]#N)C(Br)c1ccccc1. The quantitative estimate of drug-likeness (QED) is 0.511. The van der Waals surface area contributed by atoms with Crippen LogP contribution < -0.4 is 0 Å². The predicted molar refractivity (Wildman–Crippen MR) is 63.1 cm³/mol. The summed E-state index contributed by atoms with van der Waals surface area (Å²) in [5.41, 5.74) is 1.07. The van der Waals surface area contributed by atoms with Crippen LogP contribution in [0.3, 0.4) is 0 Å². The van der Waals surface area contributed by atoms with Gasteiger partial charge in [-0.2, -0.15) is 0 Å². The predicted octanol–water partition coefficient (Wildman–Crippen LogP) is 4.01. The summed E-state index contributed by atoms with van der Waals surface area (Å²) in [7, 11) is 0. The monoisotopic (exact) mass is 267 g/mol. The third-order valence-electron chi connectivity index (χ3n) is 2.21. The molecule has 0 radical (unpaired) electrons. The molecule has 0 aromatic heterocycles. The smallest absolute Gasteiger partial charge is 0.387 e. The van der Waals surface area contributed by atoms with Crippen molar-refractivity contribution in [3.63, 3.8) is 0 Å². The molecule has 3 nitrogen and oxygen atoms in total. The number of hydrogen-bond donors (Lipinski definition) is 1. The van der Waals surface area contributed by atoms with Gasteiger partial charge in [0.1, 0.15) is 0 Å². The van der Waals surface area contributed by atoms with Gasteiger partial charge in [-0.3, -0.25) is 0 Å². The number of aliphatic hydroxyl groups excluding tert-OH is 1. The fraction of sp³-hybridized carbons (Fsp3) is 0.273. The number of rotatable bonds is 3. The zero-order valence-corrected chi connectivity index (χ0v) is 9.92. The van der Waals surface area contributed by atoms with Crippen LogP contribution in [0.25, 0.3) is 4.98 Å². The van der Waals surface area contributed by atoms with Crippen LogP contribution in [0.15, 0.2) is 42.3 Å². The second kappa shape index (κ2) is 5.52. The molecule has 0 aliphatic rings. The Morgan fingerprint density at radius 2 is 2.07 bits per heavy atom. The third-order valence-corrected chi connectivity index (χ3v) is 3.54. The van der Waals surface area contributed by atoms with Crippen LogP contribution in [0.1, 0.15) is 17.3 Å². The number of halogens is 1. The highest BCUT2D eigenvalue weighted by Crippen LogP contribution is 2.34. The van der Waals surface area contributed by atoms with Crippen LogP contribution in [-0.4, -0.2) is 5.11 Å². The van der Waals surface area contributed by atoms with Gasteiger partial charge in [0.15, 0.2) is 10.7 Å². The second-order valence-corrected chi connectivity index (χ2v) is 4.26. The molecular formula is C11H12BrN2O+. The largest absolute Gasteiger partial charge is 0.505 e. The number of aliphatic hydroxyl groups is 1. The summed E-state index contributed by atoms with van der Waals surface area (Å²) in [4.78, 5) is 2.80. The van der Waals surface area contributed by atoms with Crippen molar-refractivity contribution < 1.29 is 5.11 Å². The van der Waals surface area contributed by atoms with Crippen molar-refractivity contribution in [2.75, 3.05) is 0 Å². The van der Waals surface area contributed by atoms with Gasteiger partial charge >= 0.3 is 6.20 Å². The summed E-state index contributed by atoms with van der Waals surface area (Å²) in [6.07, 6.45) is 1.04. The zero-order chi connectivity index (χ0) is 11.3. The molecule has 0 amide bonds. The maximum absolute atomic E-state index is 9.53. The average molecular weight is 268 g/mol. The molecule has 1 rings (SSSR count). The molecule has 0 saturated carbocycles. The molecule has 4 heteroatoms. The van der Waals surface area contributed by atoms with Crippen LogP contribution in [0.5, 0.6) is 0 Å². The molecule has 0 saturated heterocycles. The lowest BCUT2D eigenvalue weighted by Gasteiger charge is -2.15. The van der Waals surface area contributed by atoms with Crippen LogP contribution in [-0.2, 0) is 0 Å². The van der Waals surface area contributed by atoms with E-state index in [0.717, 1.165) is 11.8 Å². The van der Waals surface area contributed by atoms with Crippen LogP contribution in [0.4, 0.5) is 0 Å². The molecule has 0 bridgehead atoms. The minimum Gasteiger partial charge on any atom is -0.505 e. The lowest BCUT2D eigenvalue weighted by Crippen LogP contribution is -2.06. The summed E-state index contributed by atoms with van der Waals surface area (Å²) in [5, 5.41) is 17.8. The van der Waals surface area contributed by atoms with E-state index in [0.29, 0.717) is 0 Å². The van der Waals surface area contributed by atoms with E-state index < -0.39 is 0 Å². The van der Waals surface area contributed by atoms with Crippen LogP contribution in [0, 0.1) is 11.3 Å². The third kappa shape index (κ3) is 3.07. The van der Waals surface area contributed by atoms with Gasteiger partial charge in [0.2, 0.25) is 5.39 Å². The molecule has 0 aliphatic carbocycles. The molecule has 1 N–H and O–H groups in total. The summed E-state index contributed by atoms with van der Waals surface area (Å²) < 4.78 is 0. The minimum atomic E-state index is -0.150. The Labute approximate surface area is 97.2 Å². The van der Waals surface area contributed by atoms with Gasteiger partial charge in [-0.1, -0.05) is 53.2 Å². The number of alkyl halides is 1. The number of allylic oxidation sites excluding steroid dienone is 1. The molecule has 0 aliphatic heterocycles. The first kappa shape index (κ1) is 11.7. The molecule has 0 fully saturated rings. The minimum absolute atomic E-state index is 0.00306. The van der Waals surface area contributed by atoms with E-state index >= 15 is 0 Å². The van der Waals surface area contributed by atoms with E-state index in [2.05, 4.69) is 20.9 Å². The standard InChI is InChI=1S/C11H11BrN2O/c1-8(10(15)7-14-13)11(12)9-5-3-2-4-6-9/h2-8,11H,1H3/p+1/b10-7+. The molecular weight excluding hydrogens is 256 g/mol. The van der Waals surface area contributed by atoms with Gasteiger partial charge in [-0.25, -0.2) is 0 Å². The Morgan fingerprint density at radius 1 is 1.47 bits per heavy atom. The normalized spacial score (nSPS) is 15.4. The fourth-order valence-corrected chi connectivity index (χ4v) is 1.83. The Hall–Kier alpha value is -1.34. The van der Waals surface area contributed by atoms with Crippen molar-refractivity contribution in [2.45, 2.75) is 11.8 Å². The Balaban J connectivity index is 2.83. The van der Waals surface area contributed by atoms with Crippen LogP contribution >= 0.6 is 15.9 Å². The maximum atomic E-state index is 9.53. The van der Waals surface area contributed by atoms with Crippen molar-refractivity contribution in [3.8, 4) is 0 Å². The molecule has 0 spiro atoms. The van der Waals surface area contributed by atoms with Crippen molar-refractivity contribution in [2.24, 2.45) is 5.92 Å². The summed E-state index contributed by atoms with van der Waals surface area (Å²) in [6, 6.07) is 9.76. The topological polar surface area (TPSA) is 48.4 Å². The molecule has 0 heterocycles. The van der Waals surface area contributed by atoms with E-state index in [1.165, 1.54) is 0 Å². The number of nitrogens with zero attached hydrogens (tertiary/aromatic N) is 2. The van der Waals surface area contributed by atoms with Gasteiger partial charge < -0.3 is 5.11 Å². The summed E-state index contributed by atoms with van der Waals surface area (Å²) in [6.45, 7) is 1.85. The Morgan fingerprint density at radius 3 is 2.60 bits per heavy atom. The number of diazo groups is 1. The lowest BCUT2D eigenvalue weighted by atomic mass is 9.99. The first-order chi connectivity index (χ1) is 7.16. The Bertz CT molecular complexity index is 383. The van der Waals surface area contributed by atoms with Crippen molar-refractivity contribution in [1.82, 2.24) is 0 Å². The number of hydrogen-bond acceptors (Lipinski definition) is 2. The van der Waals surface area contributed by atoms with Gasteiger partial charge in [0.05, 0.1) is 0 Å². The highest BCUT2D eigenvalue weighted by atomic mass is 79.9. The van der Waals surface area contributed by atoms with Crippen molar-refractivity contribution >= 4 is 15.9 Å². The van der Waals surface area contributed by atoms with Crippen LogP contribution in [0.2, 0.25) is 0 Å². The first-order valence-electron chi connectivity index (χ1n) is 4.59. The van der Waals surface area contributed by atoms with E-state index in [1.54, 1.807) is 0 Å². The first-order valence-corrected chi connectivity index (χ1v) is 5.50. The van der Waals surface area contributed by atoms with E-state index in [9.17, 15) is 5.11 Å². The highest BCUT2D eigenvalue weighted by molar-refractivity contribution is 9.09. The summed E-state index contributed by atoms with van der Waals surface area (Å²) >= 11 is 3.50. The molecule has 78 valence electrons. The van der Waals surface area contributed by atoms with E-state index in [4.69, 9.17) is 5.39 Å². The van der Waals surface area contributed by atoms with Crippen molar-refractivity contribution in [1.29, 1.82) is 5.39 Å². The molecule has 1 aromatic rings. The van der Waals surface area contributed by atoms with Crippen molar-refractivity contribution in [3.05, 3.63) is 52.8 Å². The lowest BCUT2D eigenvalue weighted by molar-refractivity contribution is 0.338. The van der Waals surface area contributed by atoms with Gasteiger partial charge in [0.25, 0.3) is 0 Å². The Kier molecular flexibility index (Phi) is 4.32. The molecule has 15 heavy (non-hydrogen) atoms. The summed E-state index contributed by atoms with van der Waals surface area (Å²) in [5.74, 6) is -0.105. The van der Waals surface area contributed by atoms with Gasteiger partial charge in [-0.05, 0) is 5.56 Å². The zero-order valence-electron chi connectivity index (χ0n) is 8.34. The highest BCUT2D eigenvalue weighted by Gasteiger charge is 2.21. The molecule has 1 aromatic carbocycles. The van der Waals surface area contributed by atoms with E-state index in [1.807, 2.05) is 37.3 Å². The van der Waals surface area contributed by atoms with E-state index in [-0.39, 0.29) is 16.5 Å². The second-order valence-electron chi connectivity index (χ2n) is 3.27. The average Bonchev–Trinajstić information content (AvgIpc) is 2.28. The molecule has 2 atom stereocenters. The molecule has 2 unspecified atom stereocenters. The number of benzene rings is 1.